The van der Waals surface area contributed by atoms with Crippen LogP contribution in [-0.2, 0) is 0 Å². The predicted octanol–water partition coefficient (Wildman–Crippen LogP) is 2.61. The monoisotopic (exact) mass is 248 g/mol. The number of carbonyl (C=O) groups is 1. The number of halogens is 1. The number of carbonyl (C=O) groups excluding carboxylic acids is 1. The van der Waals surface area contributed by atoms with Crippen LogP contribution in [0.15, 0.2) is 34.9 Å². The lowest BCUT2D eigenvalue weighted by atomic mass is 10.1. The molecule has 0 saturated heterocycles. The molecule has 0 spiro atoms. The molecule has 94 valence electrons. The molecule has 0 bridgehead atoms. The number of aryl methyl sites for hydroxylation is 1. The van der Waals surface area contributed by atoms with Crippen LogP contribution < -0.4 is 5.32 Å². The minimum Gasteiger partial charge on any atom is -0.361 e. The Labute approximate surface area is 104 Å². The Morgan fingerprint density at radius 2 is 2.22 bits per heavy atom. The average molecular weight is 248 g/mol. The van der Waals surface area contributed by atoms with E-state index in [1.165, 1.54) is 12.1 Å². The molecule has 1 aromatic carbocycles. The molecule has 0 fully saturated rings. The highest BCUT2D eigenvalue weighted by molar-refractivity contribution is 5.92. The van der Waals surface area contributed by atoms with Crippen molar-refractivity contribution in [3.05, 3.63) is 53.2 Å². The molecule has 0 aliphatic heterocycles. The largest absolute Gasteiger partial charge is 0.361 e. The predicted molar refractivity (Wildman–Crippen MR) is 63.5 cm³/mol. The van der Waals surface area contributed by atoms with Crippen molar-refractivity contribution in [1.82, 2.24) is 10.5 Å². The van der Waals surface area contributed by atoms with Crippen LogP contribution in [-0.4, -0.2) is 11.1 Å². The highest BCUT2D eigenvalue weighted by Gasteiger charge is 2.14. The molecule has 1 heterocycles. The lowest BCUT2D eigenvalue weighted by Gasteiger charge is -2.13. The van der Waals surface area contributed by atoms with E-state index in [2.05, 4.69) is 10.5 Å². The maximum atomic E-state index is 13.1. The maximum absolute atomic E-state index is 13.1. The van der Waals surface area contributed by atoms with Crippen LogP contribution in [0.1, 0.15) is 34.8 Å². The van der Waals surface area contributed by atoms with Gasteiger partial charge in [0.15, 0.2) is 5.69 Å². The van der Waals surface area contributed by atoms with Gasteiger partial charge in [0.05, 0.1) is 6.04 Å². The quantitative estimate of drug-likeness (QED) is 0.908. The number of benzene rings is 1. The van der Waals surface area contributed by atoms with Gasteiger partial charge in [0.2, 0.25) is 0 Å². The molecular formula is C13H13FN2O2. The summed E-state index contributed by atoms with van der Waals surface area (Å²) >= 11 is 0. The van der Waals surface area contributed by atoms with Crippen molar-refractivity contribution in [2.75, 3.05) is 0 Å². The number of nitrogens with one attached hydrogen (secondary N) is 1. The van der Waals surface area contributed by atoms with Crippen LogP contribution in [0.5, 0.6) is 0 Å². The highest BCUT2D eigenvalue weighted by atomic mass is 19.1. The number of hydrogen-bond acceptors (Lipinski definition) is 3. The molecule has 0 aliphatic rings. The van der Waals surface area contributed by atoms with Gasteiger partial charge in [-0.05, 0) is 31.5 Å². The lowest BCUT2D eigenvalue weighted by molar-refractivity contribution is 0.0930. The zero-order valence-corrected chi connectivity index (χ0v) is 10.1. The normalized spacial score (nSPS) is 12.2. The van der Waals surface area contributed by atoms with Gasteiger partial charge < -0.3 is 9.84 Å². The molecule has 1 aromatic heterocycles. The summed E-state index contributed by atoms with van der Waals surface area (Å²) in [6.07, 6.45) is 0. The molecule has 0 aliphatic carbocycles. The summed E-state index contributed by atoms with van der Waals surface area (Å²) in [6, 6.07) is 7.35. The van der Waals surface area contributed by atoms with Crippen LogP contribution in [0.2, 0.25) is 0 Å². The zero-order valence-electron chi connectivity index (χ0n) is 10.1. The molecule has 1 amide bonds. The number of aromatic nitrogens is 1. The van der Waals surface area contributed by atoms with E-state index in [9.17, 15) is 9.18 Å². The first-order chi connectivity index (χ1) is 8.56. The Bertz CT molecular complexity index is 566. The van der Waals surface area contributed by atoms with Crippen LogP contribution in [0.25, 0.3) is 0 Å². The van der Waals surface area contributed by atoms with E-state index < -0.39 is 0 Å². The second-order valence-corrected chi connectivity index (χ2v) is 4.07. The molecule has 2 aromatic rings. The van der Waals surface area contributed by atoms with Gasteiger partial charge in [0.25, 0.3) is 5.91 Å². The van der Waals surface area contributed by atoms with Gasteiger partial charge in [0, 0.05) is 6.07 Å². The minimum absolute atomic E-state index is 0.218. The molecule has 0 saturated carbocycles. The molecule has 5 heteroatoms. The summed E-state index contributed by atoms with van der Waals surface area (Å²) in [5.74, 6) is -0.104. The first-order valence-electron chi connectivity index (χ1n) is 5.56. The molecule has 1 atom stereocenters. The molecule has 4 nitrogen and oxygen atoms in total. The summed E-state index contributed by atoms with van der Waals surface area (Å²) in [7, 11) is 0. The average Bonchev–Trinajstić information content (AvgIpc) is 2.76. The molecule has 1 unspecified atom stereocenters. The van der Waals surface area contributed by atoms with E-state index in [4.69, 9.17) is 4.52 Å². The molecular weight excluding hydrogens is 235 g/mol. The standard InChI is InChI=1S/C13H13FN2O2/c1-8-6-12(16-18-8)13(17)15-9(2)10-4-3-5-11(14)7-10/h3-7,9H,1-2H3,(H,15,17). The van der Waals surface area contributed by atoms with Crippen LogP contribution in [0.4, 0.5) is 4.39 Å². The molecule has 18 heavy (non-hydrogen) atoms. The van der Waals surface area contributed by atoms with E-state index in [0.29, 0.717) is 11.3 Å². The van der Waals surface area contributed by atoms with Crippen molar-refractivity contribution in [3.8, 4) is 0 Å². The van der Waals surface area contributed by atoms with E-state index in [-0.39, 0.29) is 23.5 Å². The first-order valence-corrected chi connectivity index (χ1v) is 5.56. The second-order valence-electron chi connectivity index (χ2n) is 4.07. The fourth-order valence-electron chi connectivity index (χ4n) is 1.60. The highest BCUT2D eigenvalue weighted by Crippen LogP contribution is 2.14. The summed E-state index contributed by atoms with van der Waals surface area (Å²) in [5.41, 5.74) is 0.916. The van der Waals surface area contributed by atoms with Crippen molar-refractivity contribution in [3.63, 3.8) is 0 Å². The maximum Gasteiger partial charge on any atom is 0.273 e. The number of hydrogen-bond donors (Lipinski definition) is 1. The van der Waals surface area contributed by atoms with Crippen molar-refractivity contribution >= 4 is 5.91 Å². The van der Waals surface area contributed by atoms with Crippen LogP contribution >= 0.6 is 0 Å². The topological polar surface area (TPSA) is 55.1 Å². The van der Waals surface area contributed by atoms with E-state index in [0.717, 1.165) is 0 Å². The lowest BCUT2D eigenvalue weighted by Crippen LogP contribution is -2.26. The summed E-state index contributed by atoms with van der Waals surface area (Å²) in [5, 5.41) is 6.34. The third-order valence-electron chi connectivity index (χ3n) is 2.56. The fourth-order valence-corrected chi connectivity index (χ4v) is 1.60. The van der Waals surface area contributed by atoms with Gasteiger partial charge in [-0.25, -0.2) is 4.39 Å². The Kier molecular flexibility index (Phi) is 3.41. The van der Waals surface area contributed by atoms with Crippen molar-refractivity contribution in [2.45, 2.75) is 19.9 Å². The van der Waals surface area contributed by atoms with Crippen LogP contribution in [0.3, 0.4) is 0 Å². The van der Waals surface area contributed by atoms with Gasteiger partial charge >= 0.3 is 0 Å². The van der Waals surface area contributed by atoms with Crippen LogP contribution in [0, 0.1) is 12.7 Å². The van der Waals surface area contributed by atoms with Gasteiger partial charge in [-0.15, -0.1) is 0 Å². The Hall–Kier alpha value is -2.17. The molecule has 0 radical (unpaired) electrons. The van der Waals surface area contributed by atoms with E-state index in [1.54, 1.807) is 32.0 Å². The summed E-state index contributed by atoms with van der Waals surface area (Å²) in [6.45, 7) is 3.49. The number of amides is 1. The van der Waals surface area contributed by atoms with E-state index in [1.807, 2.05) is 0 Å². The third-order valence-corrected chi connectivity index (χ3v) is 2.56. The van der Waals surface area contributed by atoms with E-state index >= 15 is 0 Å². The second kappa shape index (κ2) is 5.00. The Morgan fingerprint density at radius 3 is 2.83 bits per heavy atom. The number of nitrogens with zero attached hydrogens (tertiary/aromatic N) is 1. The Balaban J connectivity index is 2.07. The minimum atomic E-state index is -0.344. The SMILES string of the molecule is Cc1cc(C(=O)NC(C)c2cccc(F)c2)no1. The summed E-state index contributed by atoms with van der Waals surface area (Å²) < 4.78 is 17.9. The Morgan fingerprint density at radius 1 is 1.44 bits per heavy atom. The fraction of sp³-hybridized carbons (Fsp3) is 0.231. The zero-order chi connectivity index (χ0) is 13.1. The van der Waals surface area contributed by atoms with Gasteiger partial charge in [-0.1, -0.05) is 17.3 Å². The van der Waals surface area contributed by atoms with Crippen molar-refractivity contribution < 1.29 is 13.7 Å². The first kappa shape index (κ1) is 12.3. The number of rotatable bonds is 3. The smallest absolute Gasteiger partial charge is 0.273 e. The summed E-state index contributed by atoms with van der Waals surface area (Å²) in [4.78, 5) is 11.8. The van der Waals surface area contributed by atoms with Gasteiger partial charge in [0.1, 0.15) is 11.6 Å². The molecule has 2 rings (SSSR count). The molecule has 1 N–H and O–H groups in total. The van der Waals surface area contributed by atoms with Gasteiger partial charge in [-0.2, -0.15) is 0 Å². The third kappa shape index (κ3) is 2.74. The van der Waals surface area contributed by atoms with Crippen molar-refractivity contribution in [2.24, 2.45) is 0 Å². The van der Waals surface area contributed by atoms with Crippen molar-refractivity contribution in [1.29, 1.82) is 0 Å². The van der Waals surface area contributed by atoms with Gasteiger partial charge in [-0.3, -0.25) is 4.79 Å².